The van der Waals surface area contributed by atoms with Crippen LogP contribution in [-0.2, 0) is 20.7 Å². The average Bonchev–Trinajstić information content (AvgIpc) is 3.17. The molecule has 1 atom stereocenters. The highest BCUT2D eigenvalue weighted by Crippen LogP contribution is 2.23. The molecule has 1 saturated carbocycles. The SMILES string of the molecule is Cc1ccc2c(CC(=O)OC(C)C(=O)NC3CCCC3)coc2c1. The lowest BCUT2D eigenvalue weighted by Crippen LogP contribution is -2.41. The van der Waals surface area contributed by atoms with Crippen molar-refractivity contribution >= 4 is 22.8 Å². The summed E-state index contributed by atoms with van der Waals surface area (Å²) in [6, 6.07) is 6.07. The Balaban J connectivity index is 1.56. The largest absolute Gasteiger partial charge is 0.464 e. The van der Waals surface area contributed by atoms with Gasteiger partial charge in [-0.2, -0.15) is 0 Å². The number of benzene rings is 1. The van der Waals surface area contributed by atoms with Crippen LogP contribution in [0.4, 0.5) is 0 Å². The van der Waals surface area contributed by atoms with Gasteiger partial charge in [-0.05, 0) is 38.3 Å². The van der Waals surface area contributed by atoms with Crippen LogP contribution in [0.5, 0.6) is 0 Å². The minimum Gasteiger partial charge on any atom is -0.464 e. The first kappa shape index (κ1) is 16.6. The minimum absolute atomic E-state index is 0.0944. The zero-order valence-corrected chi connectivity index (χ0v) is 14.1. The van der Waals surface area contributed by atoms with Crippen LogP contribution in [0.3, 0.4) is 0 Å². The van der Waals surface area contributed by atoms with E-state index in [1.165, 1.54) is 0 Å². The van der Waals surface area contributed by atoms with Gasteiger partial charge in [0.1, 0.15) is 5.58 Å². The fourth-order valence-electron chi connectivity index (χ4n) is 3.16. The van der Waals surface area contributed by atoms with Crippen molar-refractivity contribution in [1.82, 2.24) is 5.32 Å². The maximum atomic E-state index is 12.1. The fraction of sp³-hybridized carbons (Fsp3) is 0.474. The highest BCUT2D eigenvalue weighted by atomic mass is 16.5. The van der Waals surface area contributed by atoms with Gasteiger partial charge >= 0.3 is 5.97 Å². The molecular formula is C19H23NO4. The first-order valence-corrected chi connectivity index (χ1v) is 8.49. The molecule has 0 spiro atoms. The molecule has 0 bridgehead atoms. The zero-order chi connectivity index (χ0) is 17.1. The molecule has 1 aliphatic rings. The Bertz CT molecular complexity index is 743. The summed E-state index contributed by atoms with van der Waals surface area (Å²) in [5, 5.41) is 3.85. The van der Waals surface area contributed by atoms with E-state index in [9.17, 15) is 9.59 Å². The first-order valence-electron chi connectivity index (χ1n) is 8.49. The maximum absolute atomic E-state index is 12.1. The Morgan fingerprint density at radius 3 is 2.83 bits per heavy atom. The number of amides is 1. The summed E-state index contributed by atoms with van der Waals surface area (Å²) in [6.45, 7) is 3.60. The van der Waals surface area contributed by atoms with Gasteiger partial charge in [-0.3, -0.25) is 9.59 Å². The lowest BCUT2D eigenvalue weighted by atomic mass is 10.1. The lowest BCUT2D eigenvalue weighted by molar-refractivity contribution is -0.154. The van der Waals surface area contributed by atoms with Crippen LogP contribution in [0.1, 0.15) is 43.7 Å². The molecule has 0 saturated heterocycles. The van der Waals surface area contributed by atoms with Crippen molar-refractivity contribution in [3.05, 3.63) is 35.6 Å². The molecule has 2 aromatic rings. The molecule has 1 amide bonds. The molecule has 0 aliphatic heterocycles. The predicted molar refractivity (Wildman–Crippen MR) is 90.6 cm³/mol. The van der Waals surface area contributed by atoms with Crippen molar-refractivity contribution in [2.75, 3.05) is 0 Å². The third-order valence-corrected chi connectivity index (χ3v) is 4.53. The van der Waals surface area contributed by atoms with Crippen molar-refractivity contribution in [2.24, 2.45) is 0 Å². The van der Waals surface area contributed by atoms with Gasteiger partial charge in [-0.1, -0.05) is 25.0 Å². The number of aryl methyl sites for hydroxylation is 1. The highest BCUT2D eigenvalue weighted by molar-refractivity contribution is 5.88. The number of hydrogen-bond donors (Lipinski definition) is 1. The molecule has 24 heavy (non-hydrogen) atoms. The molecule has 128 valence electrons. The van der Waals surface area contributed by atoms with Crippen molar-refractivity contribution in [3.63, 3.8) is 0 Å². The topological polar surface area (TPSA) is 68.5 Å². The van der Waals surface area contributed by atoms with Crippen LogP contribution in [0, 0.1) is 6.92 Å². The maximum Gasteiger partial charge on any atom is 0.311 e. The number of carbonyl (C=O) groups excluding carboxylic acids is 2. The van der Waals surface area contributed by atoms with Crippen LogP contribution in [0.15, 0.2) is 28.9 Å². The molecule has 1 aliphatic carbocycles. The second kappa shape index (κ2) is 7.07. The van der Waals surface area contributed by atoms with Crippen molar-refractivity contribution < 1.29 is 18.7 Å². The quantitative estimate of drug-likeness (QED) is 0.855. The van der Waals surface area contributed by atoms with Crippen LogP contribution in [0.25, 0.3) is 11.0 Å². The van der Waals surface area contributed by atoms with E-state index in [4.69, 9.17) is 9.15 Å². The molecule has 5 heteroatoms. The number of fused-ring (bicyclic) bond motifs is 1. The molecule has 1 fully saturated rings. The lowest BCUT2D eigenvalue weighted by Gasteiger charge is -2.17. The Hall–Kier alpha value is -2.30. The molecule has 1 aromatic carbocycles. The van der Waals surface area contributed by atoms with E-state index in [0.717, 1.165) is 47.8 Å². The van der Waals surface area contributed by atoms with Gasteiger partial charge < -0.3 is 14.5 Å². The normalized spacial score (nSPS) is 16.2. The van der Waals surface area contributed by atoms with Crippen molar-refractivity contribution in [2.45, 2.75) is 58.1 Å². The highest BCUT2D eigenvalue weighted by Gasteiger charge is 2.23. The average molecular weight is 329 g/mol. The third-order valence-electron chi connectivity index (χ3n) is 4.53. The molecule has 0 radical (unpaired) electrons. The molecule has 5 nitrogen and oxygen atoms in total. The van der Waals surface area contributed by atoms with E-state index in [0.29, 0.717) is 0 Å². The van der Waals surface area contributed by atoms with E-state index in [1.807, 2.05) is 25.1 Å². The van der Waals surface area contributed by atoms with Crippen LogP contribution < -0.4 is 5.32 Å². The molecule has 1 aromatic heterocycles. The number of nitrogens with one attached hydrogen (secondary N) is 1. The van der Waals surface area contributed by atoms with Crippen LogP contribution in [0.2, 0.25) is 0 Å². The fourth-order valence-corrected chi connectivity index (χ4v) is 3.16. The first-order chi connectivity index (χ1) is 11.5. The summed E-state index contributed by atoms with van der Waals surface area (Å²) in [7, 11) is 0. The Labute approximate surface area is 141 Å². The van der Waals surface area contributed by atoms with Crippen LogP contribution >= 0.6 is 0 Å². The second-order valence-corrected chi connectivity index (χ2v) is 6.56. The van der Waals surface area contributed by atoms with E-state index >= 15 is 0 Å². The molecule has 3 rings (SSSR count). The molecule has 1 N–H and O–H groups in total. The predicted octanol–water partition coefficient (Wildman–Crippen LogP) is 3.27. The summed E-state index contributed by atoms with van der Waals surface area (Å²) in [5.41, 5.74) is 2.63. The number of rotatable bonds is 5. The van der Waals surface area contributed by atoms with E-state index in [1.54, 1.807) is 13.2 Å². The molecule has 1 unspecified atom stereocenters. The van der Waals surface area contributed by atoms with Gasteiger partial charge in [-0.25, -0.2) is 0 Å². The molecular weight excluding hydrogens is 306 g/mol. The van der Waals surface area contributed by atoms with E-state index < -0.39 is 12.1 Å². The smallest absolute Gasteiger partial charge is 0.311 e. The monoisotopic (exact) mass is 329 g/mol. The van der Waals surface area contributed by atoms with Gasteiger partial charge in [0.15, 0.2) is 6.10 Å². The molecule has 1 heterocycles. The van der Waals surface area contributed by atoms with Crippen LogP contribution in [-0.4, -0.2) is 24.0 Å². The summed E-state index contributed by atoms with van der Waals surface area (Å²) < 4.78 is 10.8. The third kappa shape index (κ3) is 3.78. The van der Waals surface area contributed by atoms with Gasteiger partial charge in [-0.15, -0.1) is 0 Å². The number of carbonyl (C=O) groups is 2. The minimum atomic E-state index is -0.779. The summed E-state index contributed by atoms with van der Waals surface area (Å²) >= 11 is 0. The van der Waals surface area contributed by atoms with E-state index in [-0.39, 0.29) is 18.4 Å². The van der Waals surface area contributed by atoms with Crippen molar-refractivity contribution in [1.29, 1.82) is 0 Å². The number of esters is 1. The Kier molecular flexibility index (Phi) is 4.88. The number of ether oxygens (including phenoxy) is 1. The zero-order valence-electron chi connectivity index (χ0n) is 14.1. The van der Waals surface area contributed by atoms with Gasteiger partial charge in [0.2, 0.25) is 0 Å². The second-order valence-electron chi connectivity index (χ2n) is 6.56. The van der Waals surface area contributed by atoms with Gasteiger partial charge in [0.25, 0.3) is 5.91 Å². The Morgan fingerprint density at radius 2 is 2.08 bits per heavy atom. The number of furan rings is 1. The van der Waals surface area contributed by atoms with E-state index in [2.05, 4.69) is 5.32 Å². The number of hydrogen-bond acceptors (Lipinski definition) is 4. The van der Waals surface area contributed by atoms with Crippen molar-refractivity contribution in [3.8, 4) is 0 Å². The van der Waals surface area contributed by atoms with Gasteiger partial charge in [0.05, 0.1) is 12.7 Å². The van der Waals surface area contributed by atoms with Gasteiger partial charge in [0, 0.05) is 17.0 Å². The standard InChI is InChI=1S/C19H23NO4/c1-12-7-8-16-14(11-23-17(16)9-12)10-18(21)24-13(2)19(22)20-15-5-3-4-6-15/h7-9,11,13,15H,3-6,10H2,1-2H3,(H,20,22). The summed E-state index contributed by atoms with van der Waals surface area (Å²) in [6.07, 6.45) is 5.20. The Morgan fingerprint density at radius 1 is 1.33 bits per heavy atom. The summed E-state index contributed by atoms with van der Waals surface area (Å²) in [4.78, 5) is 24.2. The summed E-state index contributed by atoms with van der Waals surface area (Å²) in [5.74, 6) is -0.643.